The van der Waals surface area contributed by atoms with E-state index >= 15 is 0 Å². The van der Waals surface area contributed by atoms with Crippen molar-refractivity contribution in [3.05, 3.63) is 42.0 Å². The summed E-state index contributed by atoms with van der Waals surface area (Å²) in [5.41, 5.74) is 13.2. The van der Waals surface area contributed by atoms with E-state index in [4.69, 9.17) is 11.5 Å². The Balaban J connectivity index is 2.48. The highest BCUT2D eigenvalue weighted by molar-refractivity contribution is 5.73. The minimum atomic E-state index is -0.281. The van der Waals surface area contributed by atoms with E-state index in [1.54, 1.807) is 12.1 Å². The van der Waals surface area contributed by atoms with E-state index in [9.17, 15) is 9.90 Å². The third-order valence-electron chi connectivity index (χ3n) is 3.86. The summed E-state index contributed by atoms with van der Waals surface area (Å²) < 4.78 is 0. The minimum Gasteiger partial charge on any atom is -0.508 e. The highest BCUT2D eigenvalue weighted by atomic mass is 16.3. The standard InChI is InChI=1S/C17H26N2O2/c1-12(9-14-3-6-16(20)7-4-14)13(2)10-15(11-18)5-8-17(19)21/h3-4,6-7,12,15,20H,2,5,8-11,18H2,1H3,(H2,19,21). The van der Waals surface area contributed by atoms with Gasteiger partial charge < -0.3 is 16.6 Å². The number of amides is 1. The van der Waals surface area contributed by atoms with Crippen LogP contribution in [-0.2, 0) is 11.2 Å². The van der Waals surface area contributed by atoms with Crippen LogP contribution in [0, 0.1) is 11.8 Å². The predicted octanol–water partition coefficient (Wildman–Crippen LogP) is 2.36. The minimum absolute atomic E-state index is 0.257. The van der Waals surface area contributed by atoms with Crippen LogP contribution in [0.2, 0.25) is 0 Å². The molecule has 0 aromatic heterocycles. The molecule has 1 rings (SSSR count). The molecule has 0 spiro atoms. The molecule has 21 heavy (non-hydrogen) atoms. The van der Waals surface area contributed by atoms with Crippen molar-refractivity contribution in [3.8, 4) is 5.75 Å². The summed E-state index contributed by atoms with van der Waals surface area (Å²) in [6.45, 7) is 6.84. The van der Waals surface area contributed by atoms with Crippen LogP contribution in [0.15, 0.2) is 36.4 Å². The Bertz CT molecular complexity index is 468. The Hall–Kier alpha value is -1.81. The molecular formula is C17H26N2O2. The maximum absolute atomic E-state index is 10.8. The number of rotatable bonds is 9. The lowest BCUT2D eigenvalue weighted by atomic mass is 9.86. The molecule has 0 saturated heterocycles. The number of primary amides is 1. The van der Waals surface area contributed by atoms with Crippen molar-refractivity contribution in [1.29, 1.82) is 0 Å². The number of nitrogens with two attached hydrogens (primary N) is 2. The molecule has 0 fully saturated rings. The van der Waals surface area contributed by atoms with Crippen LogP contribution in [0.5, 0.6) is 5.75 Å². The summed E-state index contributed by atoms with van der Waals surface area (Å²) in [7, 11) is 0. The monoisotopic (exact) mass is 290 g/mol. The summed E-state index contributed by atoms with van der Waals surface area (Å²) >= 11 is 0. The van der Waals surface area contributed by atoms with Gasteiger partial charge in [-0.2, -0.15) is 0 Å². The Labute approximate surface area is 126 Å². The summed E-state index contributed by atoms with van der Waals surface area (Å²) in [6, 6.07) is 7.24. The van der Waals surface area contributed by atoms with Crippen molar-refractivity contribution in [2.24, 2.45) is 23.3 Å². The number of phenolic OH excluding ortho intramolecular Hbond substituents is 1. The predicted molar refractivity (Wildman–Crippen MR) is 85.7 cm³/mol. The Morgan fingerprint density at radius 3 is 2.48 bits per heavy atom. The zero-order valence-corrected chi connectivity index (χ0v) is 12.7. The Morgan fingerprint density at radius 1 is 1.33 bits per heavy atom. The largest absolute Gasteiger partial charge is 0.508 e. The van der Waals surface area contributed by atoms with Gasteiger partial charge >= 0.3 is 0 Å². The average Bonchev–Trinajstić information content (AvgIpc) is 2.45. The van der Waals surface area contributed by atoms with Gasteiger partial charge in [0, 0.05) is 6.42 Å². The number of phenols is 1. The summed E-state index contributed by atoms with van der Waals surface area (Å²) in [6.07, 6.45) is 2.80. The fraction of sp³-hybridized carbons (Fsp3) is 0.471. The number of hydrogen-bond acceptors (Lipinski definition) is 3. The third-order valence-corrected chi connectivity index (χ3v) is 3.86. The van der Waals surface area contributed by atoms with Gasteiger partial charge in [-0.25, -0.2) is 0 Å². The molecule has 1 aromatic rings. The summed E-state index contributed by atoms with van der Waals surface area (Å²) in [5.74, 6) is 0.584. The van der Waals surface area contributed by atoms with Crippen molar-refractivity contribution in [1.82, 2.24) is 0 Å². The van der Waals surface area contributed by atoms with Crippen LogP contribution in [0.4, 0.5) is 0 Å². The van der Waals surface area contributed by atoms with Gasteiger partial charge in [0.2, 0.25) is 5.91 Å². The Kier molecular flexibility index (Phi) is 6.96. The van der Waals surface area contributed by atoms with Crippen LogP contribution in [0.3, 0.4) is 0 Å². The van der Waals surface area contributed by atoms with Gasteiger partial charge in [-0.1, -0.05) is 31.2 Å². The molecule has 0 aliphatic carbocycles. The molecule has 2 atom stereocenters. The van der Waals surface area contributed by atoms with Gasteiger partial charge in [-0.3, -0.25) is 4.79 Å². The SMILES string of the molecule is C=C(CC(CN)CCC(N)=O)C(C)Cc1ccc(O)cc1. The van der Waals surface area contributed by atoms with Crippen molar-refractivity contribution in [3.63, 3.8) is 0 Å². The van der Waals surface area contributed by atoms with E-state index in [1.807, 2.05) is 12.1 Å². The van der Waals surface area contributed by atoms with E-state index in [0.717, 1.165) is 24.8 Å². The van der Waals surface area contributed by atoms with Gasteiger partial charge in [-0.05, 0) is 55.3 Å². The smallest absolute Gasteiger partial charge is 0.217 e. The maximum atomic E-state index is 10.8. The molecule has 5 N–H and O–H groups in total. The summed E-state index contributed by atoms with van der Waals surface area (Å²) in [4.78, 5) is 10.8. The average molecular weight is 290 g/mol. The van der Waals surface area contributed by atoms with Crippen LogP contribution >= 0.6 is 0 Å². The quantitative estimate of drug-likeness (QED) is 0.610. The molecule has 0 bridgehead atoms. The van der Waals surface area contributed by atoms with Crippen LogP contribution in [0.1, 0.15) is 31.7 Å². The maximum Gasteiger partial charge on any atom is 0.217 e. The van der Waals surface area contributed by atoms with E-state index in [-0.39, 0.29) is 17.6 Å². The van der Waals surface area contributed by atoms with Crippen LogP contribution in [-0.4, -0.2) is 17.6 Å². The van der Waals surface area contributed by atoms with Gasteiger partial charge in [0.25, 0.3) is 0 Å². The second-order valence-electron chi connectivity index (χ2n) is 5.74. The summed E-state index contributed by atoms with van der Waals surface area (Å²) in [5, 5.41) is 9.29. The van der Waals surface area contributed by atoms with Gasteiger partial charge in [0.1, 0.15) is 5.75 Å². The second-order valence-corrected chi connectivity index (χ2v) is 5.74. The van der Waals surface area contributed by atoms with E-state index in [0.29, 0.717) is 18.9 Å². The fourth-order valence-corrected chi connectivity index (χ4v) is 2.35. The third kappa shape index (κ3) is 6.45. The molecule has 0 saturated carbocycles. The first-order valence-electron chi connectivity index (χ1n) is 7.36. The number of carbonyl (C=O) groups is 1. The van der Waals surface area contributed by atoms with Crippen molar-refractivity contribution in [2.45, 2.75) is 32.6 Å². The molecule has 116 valence electrons. The number of benzene rings is 1. The lowest BCUT2D eigenvalue weighted by molar-refractivity contribution is -0.118. The van der Waals surface area contributed by atoms with Crippen molar-refractivity contribution in [2.75, 3.05) is 6.54 Å². The molecule has 1 amide bonds. The van der Waals surface area contributed by atoms with Gasteiger partial charge in [-0.15, -0.1) is 0 Å². The lowest BCUT2D eigenvalue weighted by Crippen LogP contribution is -2.20. The fourth-order valence-electron chi connectivity index (χ4n) is 2.35. The topological polar surface area (TPSA) is 89.3 Å². The van der Waals surface area contributed by atoms with Gasteiger partial charge in [0.15, 0.2) is 0 Å². The highest BCUT2D eigenvalue weighted by Gasteiger charge is 2.14. The second kappa shape index (κ2) is 8.47. The highest BCUT2D eigenvalue weighted by Crippen LogP contribution is 2.24. The number of allylic oxidation sites excluding steroid dienone is 1. The molecule has 4 nitrogen and oxygen atoms in total. The molecule has 0 heterocycles. The van der Waals surface area contributed by atoms with Crippen molar-refractivity contribution < 1.29 is 9.90 Å². The molecule has 0 radical (unpaired) electrons. The Morgan fingerprint density at radius 2 is 1.95 bits per heavy atom. The zero-order chi connectivity index (χ0) is 15.8. The first kappa shape index (κ1) is 17.2. The van der Waals surface area contributed by atoms with E-state index in [2.05, 4.69) is 13.5 Å². The van der Waals surface area contributed by atoms with Crippen molar-refractivity contribution >= 4 is 5.91 Å². The molecule has 2 unspecified atom stereocenters. The number of aromatic hydroxyl groups is 1. The number of carbonyl (C=O) groups excluding carboxylic acids is 1. The molecule has 0 aliphatic rings. The first-order valence-corrected chi connectivity index (χ1v) is 7.36. The molecule has 0 aliphatic heterocycles. The normalized spacial score (nSPS) is 13.6. The number of hydrogen-bond donors (Lipinski definition) is 3. The lowest BCUT2D eigenvalue weighted by Gasteiger charge is -2.20. The molecular weight excluding hydrogens is 264 g/mol. The molecule has 4 heteroatoms. The van der Waals surface area contributed by atoms with Crippen LogP contribution < -0.4 is 11.5 Å². The van der Waals surface area contributed by atoms with Gasteiger partial charge in [0.05, 0.1) is 0 Å². The zero-order valence-electron chi connectivity index (χ0n) is 12.7. The molecule has 1 aromatic carbocycles. The van der Waals surface area contributed by atoms with Crippen LogP contribution in [0.25, 0.3) is 0 Å². The van der Waals surface area contributed by atoms with E-state index in [1.165, 1.54) is 5.56 Å². The first-order chi connectivity index (χ1) is 9.92. The van der Waals surface area contributed by atoms with E-state index < -0.39 is 0 Å².